The molecular formula is C14H21F2N. The van der Waals surface area contributed by atoms with Gasteiger partial charge in [-0.3, -0.25) is 0 Å². The number of rotatable bonds is 5. The molecular weight excluding hydrogens is 220 g/mol. The lowest BCUT2D eigenvalue weighted by molar-refractivity contribution is -0.0513. The highest BCUT2D eigenvalue weighted by Crippen LogP contribution is 2.35. The standard InChI is InChI=1S/C14H21F2N/c1-10(2)14(15,16)13-7-5-12(6-8-13)9-17-11(3)4/h5-8,10-11,17H,9H2,1-4H3. The Kier molecular flexibility index (Phi) is 4.63. The van der Waals surface area contributed by atoms with Crippen molar-refractivity contribution in [3.63, 3.8) is 0 Å². The lowest BCUT2D eigenvalue weighted by Crippen LogP contribution is -2.22. The van der Waals surface area contributed by atoms with Crippen LogP contribution in [0.4, 0.5) is 8.78 Å². The van der Waals surface area contributed by atoms with Gasteiger partial charge in [-0.2, -0.15) is 0 Å². The lowest BCUT2D eigenvalue weighted by Gasteiger charge is -2.21. The van der Waals surface area contributed by atoms with Gasteiger partial charge >= 0.3 is 0 Å². The first kappa shape index (κ1) is 14.1. The zero-order valence-electron chi connectivity index (χ0n) is 10.9. The topological polar surface area (TPSA) is 12.0 Å². The molecule has 3 heteroatoms. The third kappa shape index (κ3) is 3.77. The molecule has 0 bridgehead atoms. The summed E-state index contributed by atoms with van der Waals surface area (Å²) < 4.78 is 27.4. The lowest BCUT2D eigenvalue weighted by atomic mass is 9.97. The van der Waals surface area contributed by atoms with Crippen molar-refractivity contribution in [3.8, 4) is 0 Å². The molecule has 0 aliphatic carbocycles. The summed E-state index contributed by atoms with van der Waals surface area (Å²) in [5, 5.41) is 3.26. The molecule has 1 aromatic carbocycles. The van der Waals surface area contributed by atoms with Gasteiger partial charge in [-0.15, -0.1) is 0 Å². The van der Waals surface area contributed by atoms with E-state index in [9.17, 15) is 8.78 Å². The Hall–Kier alpha value is -0.960. The van der Waals surface area contributed by atoms with Crippen molar-refractivity contribution in [2.24, 2.45) is 5.92 Å². The molecule has 1 aromatic rings. The third-order valence-corrected chi connectivity index (χ3v) is 2.78. The molecule has 0 heterocycles. The summed E-state index contributed by atoms with van der Waals surface area (Å²) in [6, 6.07) is 6.98. The molecule has 17 heavy (non-hydrogen) atoms. The highest BCUT2D eigenvalue weighted by molar-refractivity contribution is 5.26. The first-order chi connectivity index (χ1) is 7.84. The van der Waals surface area contributed by atoms with E-state index in [-0.39, 0.29) is 5.56 Å². The molecule has 0 fully saturated rings. The molecule has 0 amide bonds. The van der Waals surface area contributed by atoms with Gasteiger partial charge < -0.3 is 5.32 Å². The maximum Gasteiger partial charge on any atom is 0.275 e. The van der Waals surface area contributed by atoms with E-state index in [2.05, 4.69) is 19.2 Å². The van der Waals surface area contributed by atoms with Crippen LogP contribution in [0.15, 0.2) is 24.3 Å². The Morgan fingerprint density at radius 2 is 1.59 bits per heavy atom. The highest BCUT2D eigenvalue weighted by Gasteiger charge is 2.35. The fraction of sp³-hybridized carbons (Fsp3) is 0.571. The Balaban J connectivity index is 2.74. The van der Waals surface area contributed by atoms with Crippen molar-refractivity contribution in [2.45, 2.75) is 46.2 Å². The van der Waals surface area contributed by atoms with Crippen molar-refractivity contribution in [3.05, 3.63) is 35.4 Å². The minimum Gasteiger partial charge on any atom is -0.310 e. The average molecular weight is 241 g/mol. The van der Waals surface area contributed by atoms with Crippen molar-refractivity contribution >= 4 is 0 Å². The van der Waals surface area contributed by atoms with Crippen molar-refractivity contribution < 1.29 is 8.78 Å². The summed E-state index contributed by atoms with van der Waals surface area (Å²) in [4.78, 5) is 0. The summed E-state index contributed by atoms with van der Waals surface area (Å²) in [7, 11) is 0. The van der Waals surface area contributed by atoms with Crippen LogP contribution in [-0.2, 0) is 12.5 Å². The van der Waals surface area contributed by atoms with E-state index in [1.54, 1.807) is 12.1 Å². The van der Waals surface area contributed by atoms with Gasteiger partial charge in [-0.25, -0.2) is 8.78 Å². The molecule has 0 unspecified atom stereocenters. The van der Waals surface area contributed by atoms with Gasteiger partial charge in [-0.1, -0.05) is 52.0 Å². The van der Waals surface area contributed by atoms with Gasteiger partial charge in [0.1, 0.15) is 0 Å². The monoisotopic (exact) mass is 241 g/mol. The number of hydrogen-bond acceptors (Lipinski definition) is 1. The Labute approximate surface area is 102 Å². The van der Waals surface area contributed by atoms with Gasteiger partial charge in [0, 0.05) is 24.1 Å². The normalized spacial score (nSPS) is 12.5. The van der Waals surface area contributed by atoms with E-state index in [4.69, 9.17) is 0 Å². The predicted molar refractivity (Wildman–Crippen MR) is 67.1 cm³/mol. The smallest absolute Gasteiger partial charge is 0.275 e. The van der Waals surface area contributed by atoms with Crippen LogP contribution in [0.1, 0.15) is 38.8 Å². The number of hydrogen-bond donors (Lipinski definition) is 1. The van der Waals surface area contributed by atoms with Gasteiger partial charge in [0.15, 0.2) is 0 Å². The quantitative estimate of drug-likeness (QED) is 0.823. The SMILES string of the molecule is CC(C)NCc1ccc(C(F)(F)C(C)C)cc1. The molecule has 1 rings (SSSR count). The van der Waals surface area contributed by atoms with Crippen LogP contribution < -0.4 is 5.32 Å². The van der Waals surface area contributed by atoms with E-state index in [0.29, 0.717) is 12.6 Å². The van der Waals surface area contributed by atoms with Crippen LogP contribution >= 0.6 is 0 Å². The second kappa shape index (κ2) is 5.58. The van der Waals surface area contributed by atoms with Gasteiger partial charge in [0.25, 0.3) is 5.92 Å². The molecule has 0 radical (unpaired) electrons. The molecule has 0 spiro atoms. The zero-order chi connectivity index (χ0) is 13.1. The van der Waals surface area contributed by atoms with Crippen LogP contribution in [0.25, 0.3) is 0 Å². The van der Waals surface area contributed by atoms with Crippen molar-refractivity contribution in [1.82, 2.24) is 5.32 Å². The second-order valence-corrected chi connectivity index (χ2v) is 5.01. The number of halogens is 2. The van der Waals surface area contributed by atoms with E-state index < -0.39 is 11.8 Å². The highest BCUT2D eigenvalue weighted by atomic mass is 19.3. The van der Waals surface area contributed by atoms with Crippen molar-refractivity contribution in [1.29, 1.82) is 0 Å². The fourth-order valence-electron chi connectivity index (χ4n) is 1.50. The number of nitrogens with one attached hydrogen (secondary N) is 1. The maximum atomic E-state index is 13.7. The Bertz CT molecular complexity index is 342. The zero-order valence-corrected chi connectivity index (χ0v) is 10.9. The second-order valence-electron chi connectivity index (χ2n) is 5.01. The number of alkyl halides is 2. The Morgan fingerprint density at radius 3 is 2.00 bits per heavy atom. The van der Waals surface area contributed by atoms with Crippen LogP contribution in [0.5, 0.6) is 0 Å². The summed E-state index contributed by atoms with van der Waals surface area (Å²) in [6.45, 7) is 7.90. The molecule has 0 saturated carbocycles. The van der Waals surface area contributed by atoms with E-state index >= 15 is 0 Å². The summed E-state index contributed by atoms with van der Waals surface area (Å²) in [6.07, 6.45) is 0. The minimum atomic E-state index is -2.75. The third-order valence-electron chi connectivity index (χ3n) is 2.78. The van der Waals surface area contributed by atoms with Gasteiger partial charge in [-0.05, 0) is 5.56 Å². The average Bonchev–Trinajstić information content (AvgIpc) is 2.26. The Morgan fingerprint density at radius 1 is 1.06 bits per heavy atom. The first-order valence-electron chi connectivity index (χ1n) is 6.04. The molecule has 1 nitrogen and oxygen atoms in total. The molecule has 0 atom stereocenters. The van der Waals surface area contributed by atoms with E-state index in [0.717, 1.165) is 5.56 Å². The summed E-state index contributed by atoms with van der Waals surface area (Å²) in [5.74, 6) is -3.42. The molecule has 0 aromatic heterocycles. The molecule has 0 aliphatic rings. The van der Waals surface area contributed by atoms with Crippen molar-refractivity contribution in [2.75, 3.05) is 0 Å². The van der Waals surface area contributed by atoms with Crippen LogP contribution in [0, 0.1) is 5.92 Å². The van der Waals surface area contributed by atoms with E-state index in [1.807, 2.05) is 0 Å². The molecule has 1 N–H and O–H groups in total. The maximum absolute atomic E-state index is 13.7. The molecule has 96 valence electrons. The summed E-state index contributed by atoms with van der Waals surface area (Å²) >= 11 is 0. The van der Waals surface area contributed by atoms with Gasteiger partial charge in [0.2, 0.25) is 0 Å². The predicted octanol–water partition coefficient (Wildman–Crippen LogP) is 3.93. The van der Waals surface area contributed by atoms with E-state index in [1.165, 1.54) is 26.0 Å². The summed E-state index contributed by atoms with van der Waals surface area (Å²) in [5.41, 5.74) is 1.13. The van der Waals surface area contributed by atoms with Crippen LogP contribution in [0.2, 0.25) is 0 Å². The minimum absolute atomic E-state index is 0.0980. The first-order valence-corrected chi connectivity index (χ1v) is 6.04. The largest absolute Gasteiger partial charge is 0.310 e. The van der Waals surface area contributed by atoms with Crippen LogP contribution in [-0.4, -0.2) is 6.04 Å². The van der Waals surface area contributed by atoms with Crippen LogP contribution in [0.3, 0.4) is 0 Å². The number of benzene rings is 1. The van der Waals surface area contributed by atoms with Gasteiger partial charge in [0.05, 0.1) is 0 Å². The molecule has 0 saturated heterocycles. The molecule has 0 aliphatic heterocycles. The fourth-order valence-corrected chi connectivity index (χ4v) is 1.50.